The highest BCUT2D eigenvalue weighted by Gasteiger charge is 2.11. The molecule has 0 aliphatic rings. The summed E-state index contributed by atoms with van der Waals surface area (Å²) in [5.74, 6) is -0.584. The maximum atomic E-state index is 11.5. The molecule has 0 spiro atoms. The molecule has 0 atom stereocenters. The number of amides is 1. The molecule has 0 saturated carbocycles. The molecular weight excluding hydrogens is 336 g/mol. The highest BCUT2D eigenvalue weighted by Crippen LogP contribution is 2.31. The molecule has 3 aromatic rings. The number of nitrogens with one attached hydrogen (secondary N) is 1. The lowest BCUT2D eigenvalue weighted by atomic mass is 10.2. The Balaban J connectivity index is 2.02. The summed E-state index contributed by atoms with van der Waals surface area (Å²) in [7, 11) is -3.23. The van der Waals surface area contributed by atoms with Gasteiger partial charge in [-0.15, -0.1) is 11.3 Å². The van der Waals surface area contributed by atoms with E-state index in [1.807, 2.05) is 0 Å². The van der Waals surface area contributed by atoms with Crippen LogP contribution in [0, 0.1) is 0 Å². The van der Waals surface area contributed by atoms with Crippen LogP contribution in [-0.2, 0) is 9.84 Å². The second kappa shape index (κ2) is 5.73. The predicted octanol–water partition coefficient (Wildman–Crippen LogP) is 2.49. The zero-order valence-corrected chi connectivity index (χ0v) is 13.6. The summed E-state index contributed by atoms with van der Waals surface area (Å²) in [5.41, 5.74) is 3.46. The van der Waals surface area contributed by atoms with Gasteiger partial charge in [0.05, 0.1) is 15.1 Å². The van der Waals surface area contributed by atoms with E-state index in [1.54, 1.807) is 47.9 Å². The van der Waals surface area contributed by atoms with Crippen LogP contribution < -0.4 is 5.48 Å². The summed E-state index contributed by atoms with van der Waals surface area (Å²) in [6.45, 7) is 0. The average Bonchev–Trinajstić information content (AvgIpc) is 2.96. The van der Waals surface area contributed by atoms with Crippen LogP contribution in [0.5, 0.6) is 0 Å². The maximum Gasteiger partial charge on any atom is 0.274 e. The van der Waals surface area contributed by atoms with Crippen molar-refractivity contribution in [3.8, 4) is 10.6 Å². The highest BCUT2D eigenvalue weighted by molar-refractivity contribution is 7.90. The number of hydrogen-bond donors (Lipinski definition) is 2. The number of nitrogens with zero attached hydrogens (tertiary/aromatic N) is 1. The summed E-state index contributed by atoms with van der Waals surface area (Å²) in [6, 6.07) is 11.4. The number of rotatable bonds is 3. The second-order valence-electron chi connectivity index (χ2n) is 4.94. The minimum atomic E-state index is -3.23. The minimum absolute atomic E-state index is 0.254. The molecule has 1 heterocycles. The molecule has 1 aromatic heterocycles. The van der Waals surface area contributed by atoms with Crippen LogP contribution in [0.1, 0.15) is 10.4 Å². The number of hydrogen-bond acceptors (Lipinski definition) is 6. The quantitative estimate of drug-likeness (QED) is 0.560. The van der Waals surface area contributed by atoms with Crippen LogP contribution in [0.15, 0.2) is 47.4 Å². The van der Waals surface area contributed by atoms with Gasteiger partial charge in [-0.05, 0) is 30.3 Å². The molecule has 0 radical (unpaired) electrons. The number of carbonyl (C=O) groups is 1. The van der Waals surface area contributed by atoms with Gasteiger partial charge in [-0.1, -0.05) is 12.1 Å². The van der Waals surface area contributed by atoms with Crippen molar-refractivity contribution in [1.82, 2.24) is 10.5 Å². The van der Waals surface area contributed by atoms with Gasteiger partial charge in [-0.3, -0.25) is 10.0 Å². The van der Waals surface area contributed by atoms with E-state index in [2.05, 4.69) is 4.98 Å². The molecule has 3 rings (SSSR count). The monoisotopic (exact) mass is 348 g/mol. The van der Waals surface area contributed by atoms with E-state index < -0.39 is 15.7 Å². The molecule has 0 saturated heterocycles. The third-order valence-electron chi connectivity index (χ3n) is 3.28. The van der Waals surface area contributed by atoms with Crippen molar-refractivity contribution >= 4 is 37.3 Å². The second-order valence-corrected chi connectivity index (χ2v) is 7.99. The van der Waals surface area contributed by atoms with Crippen LogP contribution in [-0.4, -0.2) is 30.8 Å². The molecule has 1 amide bonds. The Hall–Kier alpha value is -2.29. The zero-order chi connectivity index (χ0) is 16.6. The van der Waals surface area contributed by atoms with Crippen LogP contribution in [0.4, 0.5) is 0 Å². The molecule has 0 aliphatic carbocycles. The van der Waals surface area contributed by atoms with Crippen LogP contribution in [0.3, 0.4) is 0 Å². The predicted molar refractivity (Wildman–Crippen MR) is 87.4 cm³/mol. The number of aromatic nitrogens is 1. The Bertz CT molecular complexity index is 992. The fourth-order valence-electron chi connectivity index (χ4n) is 2.10. The molecule has 6 nitrogen and oxygen atoms in total. The van der Waals surface area contributed by atoms with Gasteiger partial charge in [-0.25, -0.2) is 18.9 Å². The van der Waals surface area contributed by atoms with Gasteiger partial charge in [0.1, 0.15) is 5.01 Å². The number of thiazole rings is 1. The molecule has 8 heteroatoms. The first-order valence-corrected chi connectivity index (χ1v) is 9.25. The smallest absolute Gasteiger partial charge is 0.274 e. The number of fused-ring (bicyclic) bond motifs is 1. The maximum absolute atomic E-state index is 11.5. The molecular formula is C15H12N2O4S2. The first-order valence-electron chi connectivity index (χ1n) is 6.54. The number of hydroxylamine groups is 1. The van der Waals surface area contributed by atoms with Crippen molar-refractivity contribution in [2.24, 2.45) is 0 Å². The number of carbonyl (C=O) groups excluding carboxylic acids is 1. The van der Waals surface area contributed by atoms with E-state index >= 15 is 0 Å². The van der Waals surface area contributed by atoms with Gasteiger partial charge in [0.15, 0.2) is 9.84 Å². The third-order valence-corrected chi connectivity index (χ3v) is 5.48. The van der Waals surface area contributed by atoms with Crippen LogP contribution in [0.25, 0.3) is 20.8 Å². The summed E-state index contributed by atoms with van der Waals surface area (Å²) in [5, 5.41) is 9.40. The lowest BCUT2D eigenvalue weighted by molar-refractivity contribution is 0.0706. The molecule has 0 bridgehead atoms. The van der Waals surface area contributed by atoms with Gasteiger partial charge in [0, 0.05) is 17.4 Å². The van der Waals surface area contributed by atoms with E-state index in [4.69, 9.17) is 5.21 Å². The largest absolute Gasteiger partial charge is 0.288 e. The fraction of sp³-hybridized carbons (Fsp3) is 0.0667. The van der Waals surface area contributed by atoms with Crippen LogP contribution in [0.2, 0.25) is 0 Å². The van der Waals surface area contributed by atoms with Gasteiger partial charge >= 0.3 is 0 Å². The van der Waals surface area contributed by atoms with Gasteiger partial charge in [0.25, 0.3) is 5.91 Å². The number of sulfone groups is 1. The lowest BCUT2D eigenvalue weighted by Gasteiger charge is -1.99. The molecule has 2 aromatic carbocycles. The molecule has 118 valence electrons. The third kappa shape index (κ3) is 3.09. The van der Waals surface area contributed by atoms with Crippen LogP contribution >= 0.6 is 11.3 Å². The molecule has 0 fully saturated rings. The van der Waals surface area contributed by atoms with Crippen molar-refractivity contribution in [3.63, 3.8) is 0 Å². The van der Waals surface area contributed by atoms with Gasteiger partial charge in [0.2, 0.25) is 0 Å². The number of benzene rings is 2. The first-order chi connectivity index (χ1) is 10.9. The summed E-state index contributed by atoms with van der Waals surface area (Å²) in [4.78, 5) is 16.2. The summed E-state index contributed by atoms with van der Waals surface area (Å²) >= 11 is 1.38. The summed E-state index contributed by atoms with van der Waals surface area (Å²) < 4.78 is 23.8. The van der Waals surface area contributed by atoms with Gasteiger partial charge in [-0.2, -0.15) is 0 Å². The molecule has 0 aliphatic heterocycles. The van der Waals surface area contributed by atoms with Crippen molar-refractivity contribution < 1.29 is 18.4 Å². The Morgan fingerprint density at radius 1 is 1.17 bits per heavy atom. The van der Waals surface area contributed by atoms with Crippen molar-refractivity contribution in [1.29, 1.82) is 0 Å². The SMILES string of the molecule is CS(=O)(=O)c1ccc(-c2nc3ccc(C(=O)NO)cc3s2)cc1. The highest BCUT2D eigenvalue weighted by atomic mass is 32.2. The van der Waals surface area contributed by atoms with Crippen molar-refractivity contribution in [2.75, 3.05) is 6.26 Å². The van der Waals surface area contributed by atoms with Crippen molar-refractivity contribution in [2.45, 2.75) is 4.90 Å². The minimum Gasteiger partial charge on any atom is -0.288 e. The van der Waals surface area contributed by atoms with E-state index in [0.29, 0.717) is 5.56 Å². The zero-order valence-electron chi connectivity index (χ0n) is 12.0. The summed E-state index contributed by atoms with van der Waals surface area (Å²) in [6.07, 6.45) is 1.16. The average molecular weight is 348 g/mol. The van der Waals surface area contributed by atoms with E-state index in [-0.39, 0.29) is 4.90 Å². The molecule has 23 heavy (non-hydrogen) atoms. The standard InChI is InChI=1S/C15H12N2O4S2/c1-23(20,21)11-5-2-9(3-6-11)15-16-12-7-4-10(14(18)17-19)8-13(12)22-15/h2-8,19H,1H3,(H,17,18). The Kier molecular flexibility index (Phi) is 3.88. The normalized spacial score (nSPS) is 11.6. The van der Waals surface area contributed by atoms with E-state index in [0.717, 1.165) is 27.0 Å². The fourth-order valence-corrected chi connectivity index (χ4v) is 3.74. The Morgan fingerprint density at radius 3 is 2.48 bits per heavy atom. The van der Waals surface area contributed by atoms with E-state index in [9.17, 15) is 13.2 Å². The van der Waals surface area contributed by atoms with E-state index in [1.165, 1.54) is 11.3 Å². The topological polar surface area (TPSA) is 96.4 Å². The molecule has 0 unspecified atom stereocenters. The van der Waals surface area contributed by atoms with Crippen molar-refractivity contribution in [3.05, 3.63) is 48.0 Å². The molecule has 2 N–H and O–H groups in total. The first kappa shape index (κ1) is 15.6. The Morgan fingerprint density at radius 2 is 1.87 bits per heavy atom. The van der Waals surface area contributed by atoms with Gasteiger partial charge < -0.3 is 0 Å². The lowest BCUT2D eigenvalue weighted by Crippen LogP contribution is -2.18. The Labute approximate surface area is 136 Å².